The van der Waals surface area contributed by atoms with E-state index in [0.717, 1.165) is 11.8 Å². The lowest BCUT2D eigenvalue weighted by atomic mass is 10.0. The van der Waals surface area contributed by atoms with Crippen LogP contribution in [0.2, 0.25) is 0 Å². The molecule has 10 heteroatoms. The van der Waals surface area contributed by atoms with Gasteiger partial charge in [0.1, 0.15) is 17.6 Å². The number of amides is 2. The summed E-state index contributed by atoms with van der Waals surface area (Å²) < 4.78 is 46.4. The van der Waals surface area contributed by atoms with Gasteiger partial charge in [0.2, 0.25) is 21.8 Å². The van der Waals surface area contributed by atoms with Crippen LogP contribution in [0.25, 0.3) is 0 Å². The Balaban J connectivity index is 1.88. The van der Waals surface area contributed by atoms with E-state index in [0.29, 0.717) is 18.0 Å². The minimum Gasteiger partial charge on any atom is -0.497 e. The highest BCUT2D eigenvalue weighted by Crippen LogP contribution is 2.23. The molecule has 1 N–H and O–H groups in total. The Morgan fingerprint density at radius 1 is 0.952 bits per heavy atom. The normalized spacial score (nSPS) is 12.0. The van der Waals surface area contributed by atoms with Crippen LogP contribution >= 0.6 is 0 Å². The molecule has 0 aliphatic rings. The van der Waals surface area contributed by atoms with Gasteiger partial charge >= 0.3 is 0 Å². The van der Waals surface area contributed by atoms with Crippen LogP contribution in [-0.4, -0.2) is 57.6 Å². The number of hydrogen-bond acceptors (Lipinski definition) is 5. The molecule has 3 aromatic carbocycles. The summed E-state index contributed by atoms with van der Waals surface area (Å²) in [5, 5.41) is 2.94. The molecule has 0 aliphatic carbocycles. The molecule has 0 unspecified atom stereocenters. The van der Waals surface area contributed by atoms with Crippen LogP contribution in [0.15, 0.2) is 78.9 Å². The Kier molecular flexibility index (Phi) is 11.9. The highest BCUT2D eigenvalue weighted by atomic mass is 32.2. The molecule has 0 spiro atoms. The van der Waals surface area contributed by atoms with Gasteiger partial charge in [-0.25, -0.2) is 12.8 Å². The van der Waals surface area contributed by atoms with Crippen LogP contribution in [-0.2, 0) is 32.6 Å². The molecule has 0 saturated heterocycles. The molecule has 0 aromatic heterocycles. The van der Waals surface area contributed by atoms with E-state index >= 15 is 0 Å². The SMILES string of the molecule is COc1ccc(N(CCCC(=O)N(Cc2ccccc2F)[C@H](Cc2ccccc2)C(=O)NCC(C)C)S(C)(=O)=O)cc1. The molecular weight excluding hydrogens is 557 g/mol. The lowest BCUT2D eigenvalue weighted by Gasteiger charge is -2.32. The summed E-state index contributed by atoms with van der Waals surface area (Å²) in [6, 6.07) is 21.2. The first-order valence-corrected chi connectivity index (χ1v) is 15.8. The molecule has 0 heterocycles. The van der Waals surface area contributed by atoms with Gasteiger partial charge in [-0.15, -0.1) is 0 Å². The number of ether oxygens (including phenoxy) is 1. The smallest absolute Gasteiger partial charge is 0.243 e. The van der Waals surface area contributed by atoms with E-state index in [1.165, 1.54) is 22.4 Å². The van der Waals surface area contributed by atoms with Gasteiger partial charge in [0.25, 0.3) is 0 Å². The molecular formula is C32H40FN3O5S. The number of anilines is 1. The Morgan fingerprint density at radius 3 is 2.19 bits per heavy atom. The predicted molar refractivity (Wildman–Crippen MR) is 163 cm³/mol. The molecule has 3 aromatic rings. The minimum atomic E-state index is -3.64. The van der Waals surface area contributed by atoms with Crippen molar-refractivity contribution in [1.29, 1.82) is 0 Å². The largest absolute Gasteiger partial charge is 0.497 e. The fourth-order valence-electron chi connectivity index (χ4n) is 4.54. The van der Waals surface area contributed by atoms with Crippen LogP contribution in [0.1, 0.15) is 37.8 Å². The first-order chi connectivity index (χ1) is 20.0. The summed E-state index contributed by atoms with van der Waals surface area (Å²) in [4.78, 5) is 28.8. The number of carbonyl (C=O) groups excluding carboxylic acids is 2. The van der Waals surface area contributed by atoms with E-state index in [9.17, 15) is 22.4 Å². The van der Waals surface area contributed by atoms with Gasteiger partial charge in [-0.2, -0.15) is 0 Å². The average molecular weight is 598 g/mol. The van der Waals surface area contributed by atoms with Gasteiger partial charge in [0.15, 0.2) is 0 Å². The fraction of sp³-hybridized carbons (Fsp3) is 0.375. The van der Waals surface area contributed by atoms with E-state index in [1.54, 1.807) is 42.5 Å². The molecule has 0 saturated carbocycles. The molecule has 0 aliphatic heterocycles. The third-order valence-electron chi connectivity index (χ3n) is 6.77. The Hall–Kier alpha value is -3.92. The van der Waals surface area contributed by atoms with Gasteiger partial charge < -0.3 is 15.0 Å². The van der Waals surface area contributed by atoms with Crippen molar-refractivity contribution in [2.75, 3.05) is 30.8 Å². The van der Waals surface area contributed by atoms with Crippen molar-refractivity contribution in [1.82, 2.24) is 10.2 Å². The van der Waals surface area contributed by atoms with Crippen LogP contribution < -0.4 is 14.4 Å². The molecule has 0 bridgehead atoms. The molecule has 1 atom stereocenters. The lowest BCUT2D eigenvalue weighted by molar-refractivity contribution is -0.141. The van der Waals surface area contributed by atoms with E-state index < -0.39 is 21.9 Å². The molecule has 8 nitrogen and oxygen atoms in total. The van der Waals surface area contributed by atoms with Crippen LogP contribution in [0, 0.1) is 11.7 Å². The van der Waals surface area contributed by atoms with Crippen LogP contribution in [0.3, 0.4) is 0 Å². The summed E-state index contributed by atoms with van der Waals surface area (Å²) >= 11 is 0. The number of halogens is 1. The number of methoxy groups -OCH3 is 1. The molecule has 0 radical (unpaired) electrons. The van der Waals surface area contributed by atoms with E-state index in [2.05, 4.69) is 5.32 Å². The first-order valence-electron chi connectivity index (χ1n) is 14.0. The van der Waals surface area contributed by atoms with E-state index in [1.807, 2.05) is 44.2 Å². The van der Waals surface area contributed by atoms with Gasteiger partial charge in [0, 0.05) is 38.0 Å². The van der Waals surface area contributed by atoms with Crippen molar-refractivity contribution in [3.63, 3.8) is 0 Å². The maximum atomic E-state index is 14.8. The fourth-order valence-corrected chi connectivity index (χ4v) is 5.50. The molecule has 2 amide bonds. The molecule has 0 fully saturated rings. The second-order valence-corrected chi connectivity index (χ2v) is 12.5. The van der Waals surface area contributed by atoms with E-state index in [4.69, 9.17) is 4.74 Å². The van der Waals surface area contributed by atoms with Gasteiger partial charge in [-0.1, -0.05) is 62.4 Å². The number of carbonyl (C=O) groups is 2. The minimum absolute atomic E-state index is 0.0423. The second kappa shape index (κ2) is 15.3. The summed E-state index contributed by atoms with van der Waals surface area (Å²) in [6.07, 6.45) is 1.50. The molecule has 42 heavy (non-hydrogen) atoms. The quantitative estimate of drug-likeness (QED) is 0.272. The average Bonchev–Trinajstić information content (AvgIpc) is 2.96. The van der Waals surface area contributed by atoms with Crippen molar-refractivity contribution in [2.45, 2.75) is 45.7 Å². The predicted octanol–water partition coefficient (Wildman–Crippen LogP) is 4.79. The van der Waals surface area contributed by atoms with Crippen molar-refractivity contribution in [3.8, 4) is 5.75 Å². The first kappa shape index (κ1) is 32.6. The molecule has 226 valence electrons. The number of sulfonamides is 1. The summed E-state index contributed by atoms with van der Waals surface area (Å²) in [5.41, 5.74) is 1.59. The summed E-state index contributed by atoms with van der Waals surface area (Å²) in [5.74, 6) is -0.386. The van der Waals surface area contributed by atoms with E-state index in [-0.39, 0.29) is 55.6 Å². The molecule has 3 rings (SSSR count). The van der Waals surface area contributed by atoms with Gasteiger partial charge in [-0.05, 0) is 48.2 Å². The standard InChI is InChI=1S/C32H40FN3O5S/c1-24(2)22-34-32(38)30(21-25-11-6-5-7-12-25)35(23-26-13-8-9-14-29(26)33)31(37)15-10-20-36(42(4,39)40)27-16-18-28(41-3)19-17-27/h5-9,11-14,16-19,24,30H,10,15,20-23H2,1-4H3,(H,34,38)/t30-/m1/s1. The number of nitrogens with one attached hydrogen (secondary N) is 1. The maximum absolute atomic E-state index is 14.8. The monoisotopic (exact) mass is 597 g/mol. The Bertz CT molecular complexity index is 1420. The summed E-state index contributed by atoms with van der Waals surface area (Å²) in [7, 11) is -2.12. The zero-order valence-corrected chi connectivity index (χ0v) is 25.4. The van der Waals surface area contributed by atoms with Crippen molar-refractivity contribution < 1.29 is 27.1 Å². The third-order valence-corrected chi connectivity index (χ3v) is 7.96. The second-order valence-electron chi connectivity index (χ2n) is 10.6. The number of nitrogens with zero attached hydrogens (tertiary/aromatic N) is 2. The van der Waals surface area contributed by atoms with Crippen LogP contribution in [0.5, 0.6) is 5.75 Å². The third kappa shape index (κ3) is 9.58. The maximum Gasteiger partial charge on any atom is 0.243 e. The van der Waals surface area contributed by atoms with Crippen LogP contribution in [0.4, 0.5) is 10.1 Å². The van der Waals surface area contributed by atoms with Crippen molar-refractivity contribution in [3.05, 3.63) is 95.8 Å². The Morgan fingerprint density at radius 2 is 1.60 bits per heavy atom. The summed E-state index contributed by atoms with van der Waals surface area (Å²) in [6.45, 7) is 4.33. The lowest BCUT2D eigenvalue weighted by Crippen LogP contribution is -2.51. The highest BCUT2D eigenvalue weighted by Gasteiger charge is 2.31. The topological polar surface area (TPSA) is 96.0 Å². The van der Waals surface area contributed by atoms with Gasteiger partial charge in [-0.3, -0.25) is 13.9 Å². The van der Waals surface area contributed by atoms with Gasteiger partial charge in [0.05, 0.1) is 19.1 Å². The zero-order chi connectivity index (χ0) is 30.7. The number of rotatable bonds is 15. The number of benzene rings is 3. The van der Waals surface area contributed by atoms with Crippen molar-refractivity contribution in [2.24, 2.45) is 5.92 Å². The zero-order valence-electron chi connectivity index (χ0n) is 24.6. The Labute approximate surface area is 248 Å². The van der Waals surface area contributed by atoms with Crippen molar-refractivity contribution >= 4 is 27.5 Å². The highest BCUT2D eigenvalue weighted by molar-refractivity contribution is 7.92. The number of hydrogen-bond donors (Lipinski definition) is 1.